The fraction of sp³-hybridized carbons (Fsp3) is 0.0400. The van der Waals surface area contributed by atoms with Gasteiger partial charge in [-0.3, -0.25) is 4.79 Å². The van der Waals surface area contributed by atoms with Gasteiger partial charge in [-0.1, -0.05) is 63.4 Å². The van der Waals surface area contributed by atoms with Gasteiger partial charge in [0, 0.05) is 33.7 Å². The molecule has 5 rings (SSSR count). The molecule has 164 valence electrons. The predicted octanol–water partition coefficient (Wildman–Crippen LogP) is 7.65. The van der Waals surface area contributed by atoms with Crippen molar-refractivity contribution in [2.45, 2.75) is 6.54 Å². The van der Waals surface area contributed by atoms with Crippen LogP contribution in [0.3, 0.4) is 0 Å². The summed E-state index contributed by atoms with van der Waals surface area (Å²) in [6.07, 6.45) is 3.97. The Labute approximate surface area is 213 Å². The van der Waals surface area contributed by atoms with Crippen LogP contribution in [0.1, 0.15) is 11.1 Å². The van der Waals surface area contributed by atoms with Crippen LogP contribution in [-0.4, -0.2) is 15.6 Å². The summed E-state index contributed by atoms with van der Waals surface area (Å²) < 4.78 is 3.13. The maximum Gasteiger partial charge on any atom is 0.264 e. The summed E-state index contributed by atoms with van der Waals surface area (Å²) in [5.74, 6) is -0.155. The van der Waals surface area contributed by atoms with Gasteiger partial charge in [0.1, 0.15) is 0 Å². The lowest BCUT2D eigenvalue weighted by molar-refractivity contribution is -0.115. The number of aliphatic imine (C=N–C) groups is 1. The molecule has 1 aliphatic heterocycles. The van der Waals surface area contributed by atoms with E-state index in [9.17, 15) is 4.79 Å². The van der Waals surface area contributed by atoms with Gasteiger partial charge in [0.05, 0.1) is 20.6 Å². The van der Waals surface area contributed by atoms with Gasteiger partial charge in [-0.2, -0.15) is 0 Å². The maximum absolute atomic E-state index is 12.6. The number of para-hydroxylation sites is 1. The number of nitrogens with zero attached hydrogens (tertiary/aromatic N) is 2. The summed E-state index contributed by atoms with van der Waals surface area (Å²) in [6.45, 7) is 0.635. The van der Waals surface area contributed by atoms with E-state index in [-0.39, 0.29) is 5.91 Å². The number of carbonyl (C=O) groups excluding carboxylic acids is 1. The highest BCUT2D eigenvalue weighted by Gasteiger charge is 2.24. The third kappa shape index (κ3) is 4.89. The number of hydrogen-bond acceptors (Lipinski definition) is 3. The summed E-state index contributed by atoms with van der Waals surface area (Å²) in [5, 5.41) is 5.55. The summed E-state index contributed by atoms with van der Waals surface area (Å²) in [6, 6.07) is 21.4. The van der Waals surface area contributed by atoms with Crippen LogP contribution in [-0.2, 0) is 11.3 Å². The van der Waals surface area contributed by atoms with E-state index < -0.39 is 0 Å². The number of fused-ring (bicyclic) bond motifs is 1. The van der Waals surface area contributed by atoms with Crippen molar-refractivity contribution in [2.24, 2.45) is 4.99 Å². The lowest BCUT2D eigenvalue weighted by Crippen LogP contribution is -2.19. The molecule has 0 bridgehead atoms. The molecule has 0 saturated carbocycles. The van der Waals surface area contributed by atoms with E-state index in [0.717, 1.165) is 32.2 Å². The van der Waals surface area contributed by atoms with E-state index in [2.05, 4.69) is 49.1 Å². The topological polar surface area (TPSA) is 46.4 Å². The molecule has 0 radical (unpaired) electrons. The van der Waals surface area contributed by atoms with Crippen LogP contribution in [0.2, 0.25) is 10.0 Å². The normalized spacial score (nSPS) is 16.2. The zero-order chi connectivity index (χ0) is 22.9. The molecule has 1 aromatic heterocycles. The van der Waals surface area contributed by atoms with Crippen LogP contribution >= 0.6 is 50.9 Å². The Morgan fingerprint density at radius 1 is 1.03 bits per heavy atom. The molecule has 33 heavy (non-hydrogen) atoms. The first-order valence-corrected chi connectivity index (χ1v) is 12.4. The van der Waals surface area contributed by atoms with Crippen LogP contribution in [0, 0.1) is 0 Å². The van der Waals surface area contributed by atoms with Crippen LogP contribution in [0.5, 0.6) is 0 Å². The lowest BCUT2D eigenvalue weighted by Gasteiger charge is -2.06. The number of hydrogen-bond donors (Lipinski definition) is 1. The van der Waals surface area contributed by atoms with Crippen LogP contribution in [0.15, 0.2) is 87.3 Å². The smallest absolute Gasteiger partial charge is 0.264 e. The Bertz CT molecular complexity index is 1440. The number of rotatable bonds is 4. The highest BCUT2D eigenvalue weighted by Crippen LogP contribution is 2.32. The molecule has 1 amide bonds. The van der Waals surface area contributed by atoms with Crippen LogP contribution in [0.4, 0.5) is 5.69 Å². The first-order valence-electron chi connectivity index (χ1n) is 10.0. The molecule has 1 aliphatic rings. The number of thioether (sulfide) groups is 1. The summed E-state index contributed by atoms with van der Waals surface area (Å²) in [4.78, 5) is 17.8. The number of amidine groups is 1. The number of benzene rings is 3. The third-order valence-corrected chi connectivity index (χ3v) is 7.33. The molecule has 0 aliphatic carbocycles. The minimum Gasteiger partial charge on any atom is -0.342 e. The van der Waals surface area contributed by atoms with E-state index in [0.29, 0.717) is 26.7 Å². The van der Waals surface area contributed by atoms with Crippen molar-refractivity contribution in [1.29, 1.82) is 0 Å². The molecule has 0 atom stereocenters. The van der Waals surface area contributed by atoms with Gasteiger partial charge < -0.3 is 9.88 Å². The first-order chi connectivity index (χ1) is 16.0. The second kappa shape index (κ2) is 9.39. The maximum atomic E-state index is 12.6. The zero-order valence-electron chi connectivity index (χ0n) is 17.1. The van der Waals surface area contributed by atoms with E-state index in [4.69, 9.17) is 23.2 Å². The lowest BCUT2D eigenvalue weighted by atomic mass is 10.1. The van der Waals surface area contributed by atoms with E-state index >= 15 is 0 Å². The molecule has 4 aromatic rings. The van der Waals surface area contributed by atoms with Gasteiger partial charge >= 0.3 is 0 Å². The third-order valence-electron chi connectivity index (χ3n) is 5.15. The zero-order valence-corrected chi connectivity index (χ0v) is 21.0. The van der Waals surface area contributed by atoms with Crippen molar-refractivity contribution >= 4 is 84.6 Å². The van der Waals surface area contributed by atoms with E-state index in [1.165, 1.54) is 11.8 Å². The molecular weight excluding hydrogens is 541 g/mol. The second-order valence-corrected chi connectivity index (χ2v) is 10.2. The average molecular weight is 557 g/mol. The Balaban J connectivity index is 1.46. The molecule has 1 N–H and O–H groups in total. The molecule has 8 heteroatoms. The van der Waals surface area contributed by atoms with Crippen molar-refractivity contribution in [2.75, 3.05) is 0 Å². The standard InChI is InChI=1S/C25H16BrCl2N3OS/c26-17-6-8-18(9-7-17)29-25-30-24(32)23(33-25)12-16-14-31(22-4-2-1-3-19(16)22)13-15-5-10-20(27)21(28)11-15/h1-12,14H,13H2,(H,29,30,32)/b23-12-. The minimum absolute atomic E-state index is 0.155. The van der Waals surface area contributed by atoms with E-state index in [1.807, 2.05) is 54.6 Å². The Kier molecular flexibility index (Phi) is 6.34. The monoisotopic (exact) mass is 555 g/mol. The van der Waals surface area contributed by atoms with Gasteiger partial charge in [0.15, 0.2) is 5.17 Å². The van der Waals surface area contributed by atoms with Gasteiger partial charge in [-0.25, -0.2) is 4.99 Å². The van der Waals surface area contributed by atoms with Crippen molar-refractivity contribution in [3.05, 3.63) is 103 Å². The molecule has 4 nitrogen and oxygen atoms in total. The molecule has 0 unspecified atom stereocenters. The Morgan fingerprint density at radius 2 is 1.82 bits per heavy atom. The quantitative estimate of drug-likeness (QED) is 0.262. The van der Waals surface area contributed by atoms with E-state index in [1.54, 1.807) is 6.07 Å². The minimum atomic E-state index is -0.155. The largest absolute Gasteiger partial charge is 0.342 e. The first kappa shape index (κ1) is 22.3. The number of aromatic nitrogens is 1. The number of nitrogens with one attached hydrogen (secondary N) is 1. The van der Waals surface area contributed by atoms with Gasteiger partial charge in [-0.05, 0) is 65.9 Å². The van der Waals surface area contributed by atoms with Gasteiger partial charge in [-0.15, -0.1) is 0 Å². The van der Waals surface area contributed by atoms with Crippen molar-refractivity contribution in [1.82, 2.24) is 9.88 Å². The molecule has 3 aromatic carbocycles. The number of amides is 1. The highest BCUT2D eigenvalue weighted by atomic mass is 79.9. The number of carbonyl (C=O) groups is 1. The fourth-order valence-electron chi connectivity index (χ4n) is 3.61. The van der Waals surface area contributed by atoms with Crippen molar-refractivity contribution < 1.29 is 4.79 Å². The Morgan fingerprint density at radius 3 is 2.61 bits per heavy atom. The van der Waals surface area contributed by atoms with Crippen molar-refractivity contribution in [3.63, 3.8) is 0 Å². The summed E-state index contributed by atoms with van der Waals surface area (Å²) in [5.41, 5.74) is 3.86. The van der Waals surface area contributed by atoms with Gasteiger partial charge in [0.2, 0.25) is 0 Å². The summed E-state index contributed by atoms with van der Waals surface area (Å²) >= 11 is 17.0. The SMILES string of the molecule is O=C1NC(=Nc2ccc(Br)cc2)S/C1=C\c1cn(Cc2ccc(Cl)c(Cl)c2)c2ccccc12. The van der Waals surface area contributed by atoms with Crippen molar-refractivity contribution in [3.8, 4) is 0 Å². The van der Waals surface area contributed by atoms with Gasteiger partial charge in [0.25, 0.3) is 5.91 Å². The molecule has 2 heterocycles. The fourth-order valence-corrected chi connectivity index (χ4v) is 5.03. The number of halogens is 3. The second-order valence-electron chi connectivity index (χ2n) is 7.44. The molecule has 1 saturated heterocycles. The van der Waals surface area contributed by atoms with Crippen LogP contribution in [0.25, 0.3) is 17.0 Å². The van der Waals surface area contributed by atoms with Crippen LogP contribution < -0.4 is 5.32 Å². The highest BCUT2D eigenvalue weighted by molar-refractivity contribution is 9.10. The molecule has 1 fully saturated rings. The Hall–Kier alpha value is -2.51. The average Bonchev–Trinajstić information content (AvgIpc) is 3.32. The molecular formula is C25H16BrCl2N3OS. The molecule has 0 spiro atoms. The predicted molar refractivity (Wildman–Crippen MR) is 142 cm³/mol. The summed E-state index contributed by atoms with van der Waals surface area (Å²) in [7, 11) is 0.